The van der Waals surface area contributed by atoms with Crippen molar-refractivity contribution < 1.29 is 87.6 Å². The first-order chi connectivity index (χ1) is 39.0. The van der Waals surface area contributed by atoms with E-state index in [1.54, 1.807) is 179 Å². The van der Waals surface area contributed by atoms with Crippen LogP contribution in [0.1, 0.15) is 112 Å². The Kier molecular flexibility index (Phi) is 30.0. The summed E-state index contributed by atoms with van der Waals surface area (Å²) in [4.78, 5) is 113. The SMILES string of the molecule is CC(CN(CC(C)OC(=O)c1ccccc1)C(=O)CCC(=O)N(CC(C)OC(=O)c1ccccc1)CC(C)OC(=O)c1ccccc1)OC(=O)c1ccccc1.CN1CC(O)CC(O)C1.O=C(O)CCC(=O)O.O=C(O)c1ccccc1. The van der Waals surface area contributed by atoms with Crippen molar-refractivity contribution in [3.05, 3.63) is 179 Å². The van der Waals surface area contributed by atoms with Crippen LogP contribution in [-0.4, -0.2) is 177 Å². The van der Waals surface area contributed by atoms with Crippen LogP contribution in [0.15, 0.2) is 152 Å². The lowest BCUT2D eigenvalue weighted by Crippen LogP contribution is -2.45. The van der Waals surface area contributed by atoms with Crippen LogP contribution < -0.4 is 0 Å². The third kappa shape index (κ3) is 27.4. The zero-order valence-electron chi connectivity index (χ0n) is 46.6. The lowest BCUT2D eigenvalue weighted by Gasteiger charge is -2.30. The molecule has 0 saturated carbocycles. The number of esters is 4. The van der Waals surface area contributed by atoms with E-state index in [0.29, 0.717) is 47.3 Å². The van der Waals surface area contributed by atoms with Gasteiger partial charge >= 0.3 is 41.8 Å². The smallest absolute Gasteiger partial charge is 0.338 e. The minimum atomic E-state index is -1.08. The van der Waals surface area contributed by atoms with E-state index in [1.165, 1.54) is 9.80 Å². The van der Waals surface area contributed by atoms with Crippen LogP contribution in [0.5, 0.6) is 0 Å². The van der Waals surface area contributed by atoms with E-state index in [-0.39, 0.29) is 64.1 Å². The molecule has 5 N–H and O–H groups in total. The number of nitrogens with zero attached hydrogens (tertiary/aromatic N) is 3. The van der Waals surface area contributed by atoms with Gasteiger partial charge in [-0.1, -0.05) is 91.0 Å². The summed E-state index contributed by atoms with van der Waals surface area (Å²) in [5, 5.41) is 42.3. The van der Waals surface area contributed by atoms with Gasteiger partial charge in [-0.25, -0.2) is 24.0 Å². The first kappa shape index (κ1) is 67.5. The van der Waals surface area contributed by atoms with Crippen LogP contribution in [0, 0.1) is 0 Å². The summed E-state index contributed by atoms with van der Waals surface area (Å²) in [6.07, 6.45) is -4.23. The molecule has 6 rings (SSSR count). The standard InChI is InChI=1S/C44H48N2O10.C7H6O2.C6H13NO2.C4H6O4/c1-31(53-41(49)35-17-9-5-10-18-35)27-45(28-32(2)54-42(50)36-19-11-6-12-20-36)39(47)25-26-40(48)46(29-33(3)55-43(51)37-21-13-7-14-22-37)30-34(4)56-44(52)38-23-15-8-16-24-38;8-7(9)6-4-2-1-3-5-6;1-7-3-5(8)2-6(9)4-7;5-3(6)1-2-4(7)8/h5-24,31-34H,25-30H2,1-4H3;1-5H,(H,8,9);5-6,8-9H,2-4H2,1H3;1-2H2,(H,5,6)(H,7,8). The molecular formula is C61H73N3O18. The first-order valence-electron chi connectivity index (χ1n) is 26.4. The number of aromatic carboxylic acids is 1. The highest BCUT2D eigenvalue weighted by Crippen LogP contribution is 2.15. The molecule has 0 bridgehead atoms. The predicted octanol–water partition coefficient (Wildman–Crippen LogP) is 6.77. The number of hydrogen-bond acceptors (Lipinski definition) is 16. The molecule has 21 nitrogen and oxygen atoms in total. The quantitative estimate of drug-likeness (QED) is 0.0333. The number of likely N-dealkylation sites (N-methyl/N-ethyl adjacent to an activating group) is 1. The number of carboxylic acids is 3. The molecule has 0 radical (unpaired) electrons. The van der Waals surface area contributed by atoms with Gasteiger partial charge in [0, 0.05) is 32.4 Å². The van der Waals surface area contributed by atoms with Crippen molar-refractivity contribution in [2.75, 3.05) is 46.3 Å². The lowest BCUT2D eigenvalue weighted by atomic mass is 10.1. The number of aliphatic hydroxyl groups is 2. The van der Waals surface area contributed by atoms with Crippen molar-refractivity contribution in [3.8, 4) is 0 Å². The molecule has 1 saturated heterocycles. The summed E-state index contributed by atoms with van der Waals surface area (Å²) in [6.45, 7) is 7.80. The Balaban J connectivity index is 0.000000548. The van der Waals surface area contributed by atoms with Crippen LogP contribution in [0.4, 0.5) is 0 Å². The van der Waals surface area contributed by atoms with Gasteiger partial charge in [0.1, 0.15) is 24.4 Å². The van der Waals surface area contributed by atoms with Crippen molar-refractivity contribution in [3.63, 3.8) is 0 Å². The van der Waals surface area contributed by atoms with Gasteiger partial charge in [-0.3, -0.25) is 19.2 Å². The molecule has 5 aromatic carbocycles. The molecule has 5 aromatic rings. The average molecular weight is 1140 g/mol. The molecule has 1 aliphatic heterocycles. The maximum atomic E-state index is 13.8. The van der Waals surface area contributed by atoms with E-state index in [1.807, 2.05) is 11.9 Å². The Morgan fingerprint density at radius 1 is 0.415 bits per heavy atom. The maximum Gasteiger partial charge on any atom is 0.338 e. The van der Waals surface area contributed by atoms with Gasteiger partial charge in [0.2, 0.25) is 11.8 Å². The summed E-state index contributed by atoms with van der Waals surface area (Å²) in [6, 6.07) is 42.0. The molecule has 1 fully saturated rings. The Hall–Kier alpha value is -8.79. The molecule has 440 valence electrons. The van der Waals surface area contributed by atoms with Crippen molar-refractivity contribution in [2.45, 2.75) is 96.4 Å². The topological polar surface area (TPSA) is 301 Å². The third-order valence-corrected chi connectivity index (χ3v) is 11.6. The summed E-state index contributed by atoms with van der Waals surface area (Å²) >= 11 is 0. The number of rotatable bonds is 23. The van der Waals surface area contributed by atoms with E-state index in [0.717, 1.165) is 0 Å². The molecule has 21 heteroatoms. The number of aliphatic hydroxyl groups excluding tert-OH is 2. The molecule has 2 amide bonds. The number of likely N-dealkylation sites (tertiary alicyclic amines) is 1. The van der Waals surface area contributed by atoms with Crippen molar-refractivity contribution in [1.82, 2.24) is 14.7 Å². The van der Waals surface area contributed by atoms with E-state index >= 15 is 0 Å². The number of ether oxygens (including phenoxy) is 4. The number of β-amino-alcohol motifs (C(OH)–C–C–N with tert-alkyl or cyclic N) is 2. The number of carbonyl (C=O) groups is 9. The first-order valence-corrected chi connectivity index (χ1v) is 26.4. The molecule has 6 atom stereocenters. The molecule has 6 unspecified atom stereocenters. The second-order valence-electron chi connectivity index (χ2n) is 19.1. The van der Waals surface area contributed by atoms with Gasteiger partial charge < -0.3 is 59.2 Å². The minimum Gasteiger partial charge on any atom is -0.481 e. The van der Waals surface area contributed by atoms with Crippen molar-refractivity contribution >= 4 is 53.6 Å². The molecular weight excluding hydrogens is 1060 g/mol. The zero-order valence-corrected chi connectivity index (χ0v) is 46.6. The van der Waals surface area contributed by atoms with Gasteiger partial charge in [-0.2, -0.15) is 0 Å². The van der Waals surface area contributed by atoms with E-state index in [4.69, 9.17) is 44.5 Å². The number of piperidine rings is 1. The van der Waals surface area contributed by atoms with E-state index in [9.17, 15) is 43.2 Å². The molecule has 82 heavy (non-hydrogen) atoms. The van der Waals surface area contributed by atoms with Crippen molar-refractivity contribution in [2.24, 2.45) is 0 Å². The highest BCUT2D eigenvalue weighted by atomic mass is 16.6. The minimum absolute atomic E-state index is 0.0402. The zero-order chi connectivity index (χ0) is 60.6. The van der Waals surface area contributed by atoms with Gasteiger partial charge in [0.05, 0.1) is 79.0 Å². The fourth-order valence-corrected chi connectivity index (χ4v) is 7.83. The third-order valence-electron chi connectivity index (χ3n) is 11.6. The highest BCUT2D eigenvalue weighted by molar-refractivity contribution is 5.91. The largest absolute Gasteiger partial charge is 0.481 e. The van der Waals surface area contributed by atoms with Gasteiger partial charge in [-0.05, 0) is 95.4 Å². The van der Waals surface area contributed by atoms with Gasteiger partial charge in [-0.15, -0.1) is 0 Å². The normalized spacial score (nSPS) is 14.9. The summed E-state index contributed by atoms with van der Waals surface area (Å²) in [5.74, 6) is -6.19. The Morgan fingerprint density at radius 2 is 0.646 bits per heavy atom. The summed E-state index contributed by atoms with van der Waals surface area (Å²) in [7, 11) is 1.89. The average Bonchev–Trinajstić information content (AvgIpc) is 3.45. The molecule has 0 spiro atoms. The number of amides is 2. The van der Waals surface area contributed by atoms with E-state index < -0.39 is 78.0 Å². The fourth-order valence-electron chi connectivity index (χ4n) is 7.83. The van der Waals surface area contributed by atoms with Crippen LogP contribution in [0.3, 0.4) is 0 Å². The van der Waals surface area contributed by atoms with Gasteiger partial charge in [0.15, 0.2) is 0 Å². The monoisotopic (exact) mass is 1140 g/mol. The lowest BCUT2D eigenvalue weighted by molar-refractivity contribution is -0.143. The van der Waals surface area contributed by atoms with Crippen LogP contribution in [0.25, 0.3) is 0 Å². The molecule has 1 heterocycles. The Morgan fingerprint density at radius 3 is 0.841 bits per heavy atom. The second-order valence-corrected chi connectivity index (χ2v) is 19.1. The Labute approximate surface area is 476 Å². The number of aliphatic carboxylic acids is 2. The fraction of sp³-hybridized carbons (Fsp3) is 0.361. The molecule has 0 aromatic heterocycles. The summed E-state index contributed by atoms with van der Waals surface area (Å²) in [5.41, 5.74) is 1.72. The number of benzene rings is 5. The predicted molar refractivity (Wildman–Crippen MR) is 300 cm³/mol. The van der Waals surface area contributed by atoms with Crippen molar-refractivity contribution in [1.29, 1.82) is 0 Å². The van der Waals surface area contributed by atoms with Gasteiger partial charge in [0.25, 0.3) is 0 Å². The molecule has 0 aliphatic carbocycles. The van der Waals surface area contributed by atoms with Crippen LogP contribution in [0.2, 0.25) is 0 Å². The number of hydrogen-bond donors (Lipinski definition) is 5. The highest BCUT2D eigenvalue weighted by Gasteiger charge is 2.28. The molecule has 1 aliphatic rings. The van der Waals surface area contributed by atoms with E-state index in [2.05, 4.69) is 0 Å². The second kappa shape index (κ2) is 36.5. The van der Waals surface area contributed by atoms with Crippen LogP contribution >= 0.6 is 0 Å². The Bertz CT molecular complexity index is 2470. The summed E-state index contributed by atoms with van der Waals surface area (Å²) < 4.78 is 22.5. The van der Waals surface area contributed by atoms with Crippen LogP contribution in [-0.2, 0) is 38.1 Å². The number of carboxylic acid groups (broad SMARTS) is 3. The number of carbonyl (C=O) groups excluding carboxylic acids is 6. The maximum absolute atomic E-state index is 13.8.